The minimum atomic E-state index is -3.61. The second-order valence-corrected chi connectivity index (χ2v) is 6.02. The van der Waals surface area contributed by atoms with Gasteiger partial charge in [-0.05, 0) is 12.1 Å². The molecular formula is C10H15N3O3S. The lowest BCUT2D eigenvalue weighted by Gasteiger charge is -2.16. The van der Waals surface area contributed by atoms with Gasteiger partial charge in [-0.1, -0.05) is 0 Å². The molecular weight excluding hydrogens is 242 g/mol. The Balaban J connectivity index is 1.93. The smallest absolute Gasteiger partial charge is 0.224 e. The molecule has 2 rings (SSSR count). The van der Waals surface area contributed by atoms with Crippen molar-refractivity contribution in [1.82, 2.24) is 9.47 Å². The lowest BCUT2D eigenvalue weighted by Crippen LogP contribution is -2.33. The fraction of sp³-hybridized carbons (Fsp3) is 0.500. The summed E-state index contributed by atoms with van der Waals surface area (Å²) >= 11 is 0. The first kappa shape index (κ1) is 12.1. The van der Waals surface area contributed by atoms with E-state index in [4.69, 9.17) is 5.14 Å². The molecule has 1 fully saturated rings. The van der Waals surface area contributed by atoms with E-state index in [1.165, 1.54) is 0 Å². The van der Waals surface area contributed by atoms with Crippen molar-refractivity contribution in [2.45, 2.75) is 18.2 Å². The number of hydrogen-bond acceptors (Lipinski definition) is 3. The Morgan fingerprint density at radius 1 is 1.29 bits per heavy atom. The van der Waals surface area contributed by atoms with Crippen molar-refractivity contribution in [2.75, 3.05) is 13.1 Å². The van der Waals surface area contributed by atoms with Crippen LogP contribution in [-0.4, -0.2) is 42.1 Å². The third kappa shape index (κ3) is 2.86. The van der Waals surface area contributed by atoms with Crippen molar-refractivity contribution in [3.8, 4) is 0 Å². The van der Waals surface area contributed by atoms with Crippen LogP contribution < -0.4 is 5.14 Å². The summed E-state index contributed by atoms with van der Waals surface area (Å²) in [5, 5.41) is 4.29. The van der Waals surface area contributed by atoms with Gasteiger partial charge in [0.1, 0.15) is 5.25 Å². The SMILES string of the molecule is NS(=O)(=O)C1CC(=O)N(CCn2cccc2)C1. The van der Waals surface area contributed by atoms with E-state index in [0.29, 0.717) is 13.1 Å². The van der Waals surface area contributed by atoms with Gasteiger partial charge < -0.3 is 9.47 Å². The molecule has 1 aromatic heterocycles. The highest BCUT2D eigenvalue weighted by atomic mass is 32.2. The van der Waals surface area contributed by atoms with Crippen LogP contribution in [0.25, 0.3) is 0 Å². The predicted molar refractivity (Wildman–Crippen MR) is 62.5 cm³/mol. The molecule has 94 valence electrons. The molecule has 1 amide bonds. The molecule has 1 unspecified atom stereocenters. The molecule has 2 heterocycles. The van der Waals surface area contributed by atoms with Crippen LogP contribution in [0.4, 0.5) is 0 Å². The van der Waals surface area contributed by atoms with Crippen LogP contribution in [0.5, 0.6) is 0 Å². The van der Waals surface area contributed by atoms with E-state index >= 15 is 0 Å². The normalized spacial score (nSPS) is 21.1. The number of carbonyl (C=O) groups excluding carboxylic acids is 1. The zero-order valence-electron chi connectivity index (χ0n) is 9.32. The molecule has 1 saturated heterocycles. The van der Waals surface area contributed by atoms with Crippen molar-refractivity contribution < 1.29 is 13.2 Å². The molecule has 0 saturated carbocycles. The topological polar surface area (TPSA) is 85.4 Å². The van der Waals surface area contributed by atoms with Gasteiger partial charge in [0.05, 0.1) is 0 Å². The molecule has 1 aliphatic rings. The zero-order chi connectivity index (χ0) is 12.5. The van der Waals surface area contributed by atoms with Gasteiger partial charge in [-0.25, -0.2) is 13.6 Å². The monoisotopic (exact) mass is 257 g/mol. The summed E-state index contributed by atoms with van der Waals surface area (Å²) in [5.41, 5.74) is 0. The van der Waals surface area contributed by atoms with E-state index in [1.54, 1.807) is 4.90 Å². The number of hydrogen-bond donors (Lipinski definition) is 1. The van der Waals surface area contributed by atoms with Crippen molar-refractivity contribution in [3.63, 3.8) is 0 Å². The Labute approximate surface area is 100 Å². The van der Waals surface area contributed by atoms with Gasteiger partial charge in [0.15, 0.2) is 0 Å². The number of rotatable bonds is 4. The number of aromatic nitrogens is 1. The maximum atomic E-state index is 11.6. The number of carbonyl (C=O) groups is 1. The number of nitrogens with zero attached hydrogens (tertiary/aromatic N) is 2. The van der Waals surface area contributed by atoms with Crippen LogP contribution in [0.3, 0.4) is 0 Å². The van der Waals surface area contributed by atoms with Gasteiger partial charge in [-0.15, -0.1) is 0 Å². The molecule has 6 nitrogen and oxygen atoms in total. The highest BCUT2D eigenvalue weighted by Crippen LogP contribution is 2.16. The first-order chi connectivity index (χ1) is 7.97. The molecule has 7 heteroatoms. The molecule has 0 radical (unpaired) electrons. The minimum Gasteiger partial charge on any atom is -0.352 e. The fourth-order valence-corrected chi connectivity index (χ4v) is 2.69. The molecule has 1 atom stereocenters. The fourth-order valence-electron chi connectivity index (χ4n) is 1.93. The molecule has 0 spiro atoms. The van der Waals surface area contributed by atoms with Crippen LogP contribution in [0.2, 0.25) is 0 Å². The molecule has 2 N–H and O–H groups in total. The Kier molecular flexibility index (Phi) is 3.21. The third-order valence-electron chi connectivity index (χ3n) is 2.94. The van der Waals surface area contributed by atoms with Crippen molar-refractivity contribution in [1.29, 1.82) is 0 Å². The number of amides is 1. The van der Waals surface area contributed by atoms with Gasteiger partial charge >= 0.3 is 0 Å². The van der Waals surface area contributed by atoms with Crippen LogP contribution in [0.15, 0.2) is 24.5 Å². The summed E-state index contributed by atoms with van der Waals surface area (Å²) in [7, 11) is -3.61. The Bertz CT molecular complexity index is 495. The summed E-state index contributed by atoms with van der Waals surface area (Å²) in [6.45, 7) is 1.38. The number of likely N-dealkylation sites (tertiary alicyclic amines) is 1. The van der Waals surface area contributed by atoms with E-state index in [2.05, 4.69) is 0 Å². The summed E-state index contributed by atoms with van der Waals surface area (Å²) in [6.07, 6.45) is 3.81. The maximum Gasteiger partial charge on any atom is 0.224 e. The summed E-state index contributed by atoms with van der Waals surface area (Å²) < 4.78 is 24.2. The third-order valence-corrected chi connectivity index (χ3v) is 4.18. The van der Waals surface area contributed by atoms with E-state index in [0.717, 1.165) is 0 Å². The first-order valence-electron chi connectivity index (χ1n) is 5.37. The lowest BCUT2D eigenvalue weighted by molar-refractivity contribution is -0.127. The van der Waals surface area contributed by atoms with Crippen LogP contribution in [-0.2, 0) is 21.4 Å². The van der Waals surface area contributed by atoms with Crippen molar-refractivity contribution >= 4 is 15.9 Å². The summed E-state index contributed by atoms with van der Waals surface area (Å²) in [6, 6.07) is 3.80. The van der Waals surface area contributed by atoms with Crippen LogP contribution in [0, 0.1) is 0 Å². The lowest BCUT2D eigenvalue weighted by atomic mass is 10.4. The van der Waals surface area contributed by atoms with Gasteiger partial charge in [-0.2, -0.15) is 0 Å². The Morgan fingerprint density at radius 2 is 1.94 bits per heavy atom. The van der Waals surface area contributed by atoms with E-state index in [9.17, 15) is 13.2 Å². The molecule has 17 heavy (non-hydrogen) atoms. The van der Waals surface area contributed by atoms with Crippen molar-refractivity contribution in [2.24, 2.45) is 5.14 Å². The second-order valence-electron chi connectivity index (χ2n) is 4.18. The van der Waals surface area contributed by atoms with Crippen molar-refractivity contribution in [3.05, 3.63) is 24.5 Å². The Hall–Kier alpha value is -1.34. The number of sulfonamides is 1. The Morgan fingerprint density at radius 3 is 2.47 bits per heavy atom. The van der Waals surface area contributed by atoms with Gasteiger partial charge in [0, 0.05) is 38.4 Å². The largest absolute Gasteiger partial charge is 0.352 e. The molecule has 0 aliphatic carbocycles. The molecule has 1 aromatic rings. The molecule has 0 bridgehead atoms. The highest BCUT2D eigenvalue weighted by molar-refractivity contribution is 7.89. The standard InChI is InChI=1S/C10H15N3O3S/c11-17(15,16)9-7-10(14)13(8-9)6-5-12-3-1-2-4-12/h1-4,9H,5-8H2,(H2,11,15,16). The van der Waals surface area contributed by atoms with Gasteiger partial charge in [0.2, 0.25) is 15.9 Å². The van der Waals surface area contributed by atoms with Crippen LogP contribution in [0.1, 0.15) is 6.42 Å². The quantitative estimate of drug-likeness (QED) is 0.780. The maximum absolute atomic E-state index is 11.6. The average Bonchev–Trinajstić information content (AvgIpc) is 2.83. The van der Waals surface area contributed by atoms with E-state index in [-0.39, 0.29) is 18.9 Å². The summed E-state index contributed by atoms with van der Waals surface area (Å²) in [4.78, 5) is 13.1. The highest BCUT2D eigenvalue weighted by Gasteiger charge is 2.35. The van der Waals surface area contributed by atoms with Gasteiger partial charge in [-0.3, -0.25) is 4.79 Å². The first-order valence-corrected chi connectivity index (χ1v) is 6.98. The predicted octanol–water partition coefficient (Wildman–Crippen LogP) is -0.622. The number of primary sulfonamides is 1. The van der Waals surface area contributed by atoms with E-state index < -0.39 is 15.3 Å². The minimum absolute atomic E-state index is 0.00448. The van der Waals surface area contributed by atoms with E-state index in [1.807, 2.05) is 29.1 Å². The average molecular weight is 257 g/mol. The zero-order valence-corrected chi connectivity index (χ0v) is 10.1. The molecule has 0 aromatic carbocycles. The second kappa shape index (κ2) is 4.50. The molecule has 1 aliphatic heterocycles. The summed E-state index contributed by atoms with van der Waals surface area (Å²) in [5.74, 6) is -0.142. The van der Waals surface area contributed by atoms with Gasteiger partial charge in [0.25, 0.3) is 0 Å². The van der Waals surface area contributed by atoms with Crippen LogP contribution >= 0.6 is 0 Å². The number of nitrogens with two attached hydrogens (primary N) is 1.